The van der Waals surface area contributed by atoms with Crippen LogP contribution in [0.5, 0.6) is 0 Å². The first-order valence-electron chi connectivity index (χ1n) is 9.99. The molecule has 162 valence electrons. The highest BCUT2D eigenvalue weighted by Crippen LogP contribution is 2.30. The van der Waals surface area contributed by atoms with Crippen molar-refractivity contribution in [2.24, 2.45) is 0 Å². The van der Waals surface area contributed by atoms with Gasteiger partial charge in [-0.25, -0.2) is 0 Å². The number of nitrogens with zero attached hydrogens (tertiary/aromatic N) is 1. The zero-order chi connectivity index (χ0) is 22.7. The maximum absolute atomic E-state index is 13.2. The Bertz CT molecular complexity index is 1330. The fourth-order valence-corrected chi connectivity index (χ4v) is 3.56. The SMILES string of the molecule is O=C(NCCc1ccccc1)c1cc2ccccc2n(-c2cccc(C(F)(F)F)c2)c1=O. The number of carbonyl (C=O) groups excluding carboxylic acids is 1. The topological polar surface area (TPSA) is 51.1 Å². The molecule has 0 atom stereocenters. The van der Waals surface area contributed by atoms with Crippen LogP contribution >= 0.6 is 0 Å². The van der Waals surface area contributed by atoms with E-state index in [9.17, 15) is 22.8 Å². The molecule has 4 rings (SSSR count). The van der Waals surface area contributed by atoms with Gasteiger partial charge in [0.1, 0.15) is 5.56 Å². The van der Waals surface area contributed by atoms with E-state index in [4.69, 9.17) is 0 Å². The summed E-state index contributed by atoms with van der Waals surface area (Å²) in [6, 6.07) is 22.3. The Morgan fingerprint density at radius 3 is 2.34 bits per heavy atom. The highest BCUT2D eigenvalue weighted by molar-refractivity contribution is 5.97. The van der Waals surface area contributed by atoms with Gasteiger partial charge in [-0.1, -0.05) is 54.6 Å². The quantitative estimate of drug-likeness (QED) is 0.480. The van der Waals surface area contributed by atoms with Crippen LogP contribution in [0.25, 0.3) is 16.6 Å². The van der Waals surface area contributed by atoms with Gasteiger partial charge in [0, 0.05) is 12.2 Å². The molecule has 0 saturated carbocycles. The number of carbonyl (C=O) groups is 1. The van der Waals surface area contributed by atoms with Crippen LogP contribution in [0.1, 0.15) is 21.5 Å². The first kappa shape index (κ1) is 21.4. The lowest BCUT2D eigenvalue weighted by atomic mass is 10.1. The number of fused-ring (bicyclic) bond motifs is 1. The van der Waals surface area contributed by atoms with Gasteiger partial charge in [0.05, 0.1) is 11.1 Å². The summed E-state index contributed by atoms with van der Waals surface area (Å²) >= 11 is 0. The zero-order valence-electron chi connectivity index (χ0n) is 16.9. The molecule has 4 aromatic rings. The molecule has 0 radical (unpaired) electrons. The van der Waals surface area contributed by atoms with Crippen LogP contribution in [0.3, 0.4) is 0 Å². The number of hydrogen-bond acceptors (Lipinski definition) is 2. The smallest absolute Gasteiger partial charge is 0.352 e. The normalized spacial score (nSPS) is 11.5. The predicted molar refractivity (Wildman–Crippen MR) is 117 cm³/mol. The van der Waals surface area contributed by atoms with Crippen LogP contribution < -0.4 is 10.9 Å². The third-order valence-electron chi connectivity index (χ3n) is 5.13. The van der Waals surface area contributed by atoms with Crippen molar-refractivity contribution in [2.75, 3.05) is 6.54 Å². The Hall–Kier alpha value is -3.87. The fraction of sp³-hybridized carbons (Fsp3) is 0.120. The lowest BCUT2D eigenvalue weighted by Crippen LogP contribution is -2.33. The molecule has 0 unspecified atom stereocenters. The molecule has 0 saturated heterocycles. The second-order valence-corrected chi connectivity index (χ2v) is 7.30. The van der Waals surface area contributed by atoms with Gasteiger partial charge in [0.2, 0.25) is 0 Å². The van der Waals surface area contributed by atoms with Crippen molar-refractivity contribution in [1.82, 2.24) is 9.88 Å². The van der Waals surface area contributed by atoms with Gasteiger partial charge in [0.15, 0.2) is 0 Å². The maximum atomic E-state index is 13.2. The van der Waals surface area contributed by atoms with E-state index in [1.807, 2.05) is 30.3 Å². The minimum atomic E-state index is -4.55. The average Bonchev–Trinajstić information content (AvgIpc) is 2.79. The summed E-state index contributed by atoms with van der Waals surface area (Å²) in [4.78, 5) is 26.0. The van der Waals surface area contributed by atoms with Gasteiger partial charge >= 0.3 is 6.18 Å². The predicted octanol–water partition coefficient (Wildman–Crippen LogP) is 4.98. The molecule has 0 aliphatic carbocycles. The van der Waals surface area contributed by atoms with E-state index < -0.39 is 23.2 Å². The van der Waals surface area contributed by atoms with Crippen LogP contribution in [-0.4, -0.2) is 17.0 Å². The van der Waals surface area contributed by atoms with Crippen LogP contribution in [0.4, 0.5) is 13.2 Å². The molecule has 3 aromatic carbocycles. The van der Waals surface area contributed by atoms with Crippen LogP contribution in [0.2, 0.25) is 0 Å². The van der Waals surface area contributed by atoms with Crippen molar-refractivity contribution in [1.29, 1.82) is 0 Å². The summed E-state index contributed by atoms with van der Waals surface area (Å²) < 4.78 is 40.8. The third-order valence-corrected chi connectivity index (χ3v) is 5.13. The highest BCUT2D eigenvalue weighted by atomic mass is 19.4. The van der Waals surface area contributed by atoms with Gasteiger partial charge in [-0.2, -0.15) is 13.2 Å². The van der Waals surface area contributed by atoms with Crippen molar-refractivity contribution in [2.45, 2.75) is 12.6 Å². The Morgan fingerprint density at radius 1 is 0.875 bits per heavy atom. The first-order chi connectivity index (χ1) is 15.3. The van der Waals surface area contributed by atoms with Crippen molar-refractivity contribution in [3.8, 4) is 5.69 Å². The molecule has 0 aliphatic rings. The summed E-state index contributed by atoms with van der Waals surface area (Å²) in [7, 11) is 0. The lowest BCUT2D eigenvalue weighted by molar-refractivity contribution is -0.137. The van der Waals surface area contributed by atoms with E-state index in [0.29, 0.717) is 23.9 Å². The summed E-state index contributed by atoms with van der Waals surface area (Å²) in [5.74, 6) is -0.572. The monoisotopic (exact) mass is 436 g/mol. The number of pyridine rings is 1. The molecule has 4 nitrogen and oxygen atoms in total. The van der Waals surface area contributed by atoms with Crippen LogP contribution in [-0.2, 0) is 12.6 Å². The molecule has 1 heterocycles. The van der Waals surface area contributed by atoms with Crippen LogP contribution in [0, 0.1) is 0 Å². The number of halogens is 3. The number of para-hydroxylation sites is 1. The van der Waals surface area contributed by atoms with E-state index in [1.165, 1.54) is 18.2 Å². The number of aromatic nitrogens is 1. The number of benzene rings is 3. The molecule has 1 N–H and O–H groups in total. The molecular formula is C25H19F3N2O2. The van der Waals surface area contributed by atoms with E-state index in [1.54, 1.807) is 24.3 Å². The van der Waals surface area contributed by atoms with Crippen molar-refractivity contribution >= 4 is 16.8 Å². The lowest BCUT2D eigenvalue weighted by Gasteiger charge is -2.15. The molecule has 0 fully saturated rings. The summed E-state index contributed by atoms with van der Waals surface area (Å²) in [6.07, 6.45) is -3.97. The van der Waals surface area contributed by atoms with Gasteiger partial charge in [-0.3, -0.25) is 14.2 Å². The number of amides is 1. The largest absolute Gasteiger partial charge is 0.416 e. The Kier molecular flexibility index (Phi) is 5.81. The van der Waals surface area contributed by atoms with E-state index in [0.717, 1.165) is 22.3 Å². The maximum Gasteiger partial charge on any atom is 0.416 e. The minimum Gasteiger partial charge on any atom is -0.352 e. The second-order valence-electron chi connectivity index (χ2n) is 7.30. The molecule has 1 amide bonds. The average molecular weight is 436 g/mol. The van der Waals surface area contributed by atoms with Gasteiger partial charge in [-0.05, 0) is 47.7 Å². The van der Waals surface area contributed by atoms with E-state index in [-0.39, 0.29) is 11.3 Å². The highest BCUT2D eigenvalue weighted by Gasteiger charge is 2.30. The first-order valence-corrected chi connectivity index (χ1v) is 9.99. The van der Waals surface area contributed by atoms with E-state index in [2.05, 4.69) is 5.32 Å². The van der Waals surface area contributed by atoms with Crippen molar-refractivity contribution < 1.29 is 18.0 Å². The molecule has 0 aliphatic heterocycles. The van der Waals surface area contributed by atoms with Gasteiger partial charge < -0.3 is 5.32 Å². The Morgan fingerprint density at radius 2 is 1.59 bits per heavy atom. The number of hydrogen-bond donors (Lipinski definition) is 1. The number of alkyl halides is 3. The molecule has 0 spiro atoms. The molecule has 0 bridgehead atoms. The van der Waals surface area contributed by atoms with Gasteiger partial charge in [-0.15, -0.1) is 0 Å². The van der Waals surface area contributed by atoms with Gasteiger partial charge in [0.25, 0.3) is 11.5 Å². The Labute approximate surface area is 181 Å². The molecule has 32 heavy (non-hydrogen) atoms. The molecule has 1 aromatic heterocycles. The molecule has 7 heteroatoms. The van der Waals surface area contributed by atoms with Crippen LogP contribution in [0.15, 0.2) is 89.7 Å². The summed E-state index contributed by atoms with van der Waals surface area (Å²) in [5.41, 5.74) is -0.191. The standard InChI is InChI=1S/C25H19F3N2O2/c26-25(27,28)19-10-6-11-20(16-19)30-22-12-5-4-9-18(22)15-21(24(30)32)23(31)29-14-13-17-7-2-1-3-8-17/h1-12,15-16H,13-14H2,(H,29,31). The van der Waals surface area contributed by atoms with Crippen molar-refractivity contribution in [3.63, 3.8) is 0 Å². The fourth-order valence-electron chi connectivity index (χ4n) is 3.56. The van der Waals surface area contributed by atoms with E-state index >= 15 is 0 Å². The van der Waals surface area contributed by atoms with Crippen molar-refractivity contribution in [3.05, 3.63) is 112 Å². The zero-order valence-corrected chi connectivity index (χ0v) is 16.9. The second kappa shape index (κ2) is 8.70. The molecular weight excluding hydrogens is 417 g/mol. The summed E-state index contributed by atoms with van der Waals surface area (Å²) in [6.45, 7) is 0.318. The Balaban J connectivity index is 1.73. The number of nitrogens with one attached hydrogen (secondary N) is 1. The third kappa shape index (κ3) is 4.42. The number of rotatable bonds is 5. The minimum absolute atomic E-state index is 0.0416. The summed E-state index contributed by atoms with van der Waals surface area (Å²) in [5, 5.41) is 3.30.